The molecule has 4 saturated carbocycles. The van der Waals surface area contributed by atoms with Crippen LogP contribution < -0.4 is 0 Å². The van der Waals surface area contributed by atoms with Gasteiger partial charge in [0.2, 0.25) is 0 Å². The van der Waals surface area contributed by atoms with Gasteiger partial charge in [-0.1, -0.05) is 34.6 Å². The smallest absolute Gasteiger partial charge is 0.0563 e. The predicted molar refractivity (Wildman–Crippen MR) is 125 cm³/mol. The summed E-state index contributed by atoms with van der Waals surface area (Å²) in [6.07, 6.45) is 15.3. The third kappa shape index (κ3) is 3.70. The van der Waals surface area contributed by atoms with Crippen molar-refractivity contribution in [1.29, 1.82) is 0 Å². The fourth-order valence-electron chi connectivity index (χ4n) is 9.61. The monoisotopic (exact) mass is 418 g/mol. The average molecular weight is 419 g/mol. The topological polar surface area (TPSA) is 40.5 Å². The zero-order chi connectivity index (χ0) is 21.7. The van der Waals surface area contributed by atoms with Gasteiger partial charge in [-0.3, -0.25) is 0 Å². The highest BCUT2D eigenvalue weighted by Gasteiger charge is 2.61. The molecule has 0 spiro atoms. The molecule has 0 aromatic rings. The maximum atomic E-state index is 10.4. The molecule has 0 radical (unpaired) electrons. The van der Waals surface area contributed by atoms with Crippen LogP contribution in [0.15, 0.2) is 0 Å². The minimum Gasteiger partial charge on any atom is -0.393 e. The van der Waals surface area contributed by atoms with Crippen molar-refractivity contribution in [2.75, 3.05) is 0 Å². The van der Waals surface area contributed by atoms with Crippen molar-refractivity contribution in [3.8, 4) is 0 Å². The molecule has 9 unspecified atom stereocenters. The molecule has 4 aliphatic rings. The van der Waals surface area contributed by atoms with Crippen LogP contribution in [-0.4, -0.2) is 22.4 Å². The quantitative estimate of drug-likeness (QED) is 0.496. The molecular weight excluding hydrogens is 368 g/mol. The predicted octanol–water partition coefficient (Wildman–Crippen LogP) is 6.83. The maximum Gasteiger partial charge on any atom is 0.0563 e. The van der Waals surface area contributed by atoms with Gasteiger partial charge in [0.1, 0.15) is 0 Å². The number of rotatable bonds is 6. The SMILES string of the molecule is CCC12CCC3C(CCC4CC(O)CCC43C)C1CCC2[C@H](C)CCC(O)C(C)C. The van der Waals surface area contributed by atoms with Gasteiger partial charge >= 0.3 is 0 Å². The van der Waals surface area contributed by atoms with E-state index in [9.17, 15) is 10.2 Å². The second kappa shape index (κ2) is 8.69. The molecular formula is C28H50O2. The summed E-state index contributed by atoms with van der Waals surface area (Å²) < 4.78 is 0. The molecule has 0 aromatic carbocycles. The van der Waals surface area contributed by atoms with Crippen LogP contribution in [0.2, 0.25) is 0 Å². The van der Waals surface area contributed by atoms with Crippen molar-refractivity contribution in [1.82, 2.24) is 0 Å². The van der Waals surface area contributed by atoms with E-state index < -0.39 is 0 Å². The molecule has 4 aliphatic carbocycles. The number of hydrogen-bond donors (Lipinski definition) is 2. The molecule has 4 rings (SSSR count). The normalized spacial score (nSPS) is 48.0. The van der Waals surface area contributed by atoms with Gasteiger partial charge in [0.05, 0.1) is 12.2 Å². The lowest BCUT2D eigenvalue weighted by Gasteiger charge is -2.61. The van der Waals surface area contributed by atoms with Crippen molar-refractivity contribution < 1.29 is 10.2 Å². The third-order valence-corrected chi connectivity index (χ3v) is 11.5. The van der Waals surface area contributed by atoms with Crippen LogP contribution in [0.3, 0.4) is 0 Å². The van der Waals surface area contributed by atoms with Gasteiger partial charge < -0.3 is 10.2 Å². The average Bonchev–Trinajstić information content (AvgIpc) is 3.12. The van der Waals surface area contributed by atoms with Gasteiger partial charge in [-0.2, -0.15) is 0 Å². The van der Waals surface area contributed by atoms with Gasteiger partial charge in [0.25, 0.3) is 0 Å². The van der Waals surface area contributed by atoms with Gasteiger partial charge in [-0.15, -0.1) is 0 Å². The Balaban J connectivity index is 1.50. The highest BCUT2D eigenvalue weighted by Crippen LogP contribution is 2.69. The van der Waals surface area contributed by atoms with Gasteiger partial charge in [-0.25, -0.2) is 0 Å². The molecule has 2 N–H and O–H groups in total. The van der Waals surface area contributed by atoms with E-state index in [1.165, 1.54) is 57.8 Å². The molecule has 0 aromatic heterocycles. The fraction of sp³-hybridized carbons (Fsp3) is 1.00. The first-order valence-electron chi connectivity index (χ1n) is 13.6. The Morgan fingerprint density at radius 2 is 1.67 bits per heavy atom. The number of hydrogen-bond acceptors (Lipinski definition) is 2. The number of fused-ring (bicyclic) bond motifs is 5. The summed E-state index contributed by atoms with van der Waals surface area (Å²) >= 11 is 0. The van der Waals surface area contributed by atoms with Crippen molar-refractivity contribution in [2.24, 2.45) is 52.3 Å². The minimum absolute atomic E-state index is 0.0316. The van der Waals surface area contributed by atoms with E-state index in [0.717, 1.165) is 54.8 Å². The van der Waals surface area contributed by atoms with Crippen molar-refractivity contribution in [2.45, 2.75) is 124 Å². The maximum absolute atomic E-state index is 10.4. The third-order valence-electron chi connectivity index (χ3n) is 11.5. The zero-order valence-corrected chi connectivity index (χ0v) is 20.6. The highest BCUT2D eigenvalue weighted by atomic mass is 16.3. The molecule has 0 bridgehead atoms. The first kappa shape index (κ1) is 23.1. The first-order chi connectivity index (χ1) is 14.2. The van der Waals surface area contributed by atoms with Crippen LogP contribution >= 0.6 is 0 Å². The van der Waals surface area contributed by atoms with E-state index in [1.807, 2.05) is 0 Å². The Hall–Kier alpha value is -0.0800. The summed E-state index contributed by atoms with van der Waals surface area (Å²) in [4.78, 5) is 0. The van der Waals surface area contributed by atoms with E-state index in [4.69, 9.17) is 0 Å². The number of aliphatic hydroxyl groups is 2. The molecule has 0 aliphatic heterocycles. The van der Waals surface area contributed by atoms with Gasteiger partial charge in [0.15, 0.2) is 0 Å². The van der Waals surface area contributed by atoms with Gasteiger partial charge in [-0.05, 0) is 129 Å². The molecule has 0 saturated heterocycles. The van der Waals surface area contributed by atoms with Crippen molar-refractivity contribution in [3.05, 3.63) is 0 Å². The Labute approximate surface area is 186 Å². The van der Waals surface area contributed by atoms with Crippen LogP contribution in [0.25, 0.3) is 0 Å². The van der Waals surface area contributed by atoms with E-state index in [1.54, 1.807) is 0 Å². The highest BCUT2D eigenvalue weighted by molar-refractivity contribution is 5.10. The van der Waals surface area contributed by atoms with Crippen LogP contribution in [0, 0.1) is 52.3 Å². The Morgan fingerprint density at radius 3 is 2.37 bits per heavy atom. The molecule has 30 heavy (non-hydrogen) atoms. The van der Waals surface area contributed by atoms with E-state index in [2.05, 4.69) is 34.6 Å². The standard InChI is InChI=1S/C28H50O2/c1-6-28-16-14-24-22(9-8-20-17-21(29)13-15-27(20,24)5)25(28)11-10-23(28)19(4)7-12-26(30)18(2)3/h18-26,29-30H,6-17H2,1-5H3/t19-,20?,21?,22?,23?,24?,25?,26?,27?,28?/m1/s1. The lowest BCUT2D eigenvalue weighted by atomic mass is 9.43. The lowest BCUT2D eigenvalue weighted by molar-refractivity contribution is -0.134. The Kier molecular flexibility index (Phi) is 6.69. The van der Waals surface area contributed by atoms with Crippen molar-refractivity contribution in [3.63, 3.8) is 0 Å². The summed E-state index contributed by atoms with van der Waals surface area (Å²) in [6, 6.07) is 0. The molecule has 10 atom stereocenters. The number of aliphatic hydroxyl groups excluding tert-OH is 2. The minimum atomic E-state index is -0.130. The molecule has 0 amide bonds. The van der Waals surface area contributed by atoms with Crippen LogP contribution in [0.4, 0.5) is 0 Å². The van der Waals surface area contributed by atoms with E-state index in [0.29, 0.717) is 16.7 Å². The first-order valence-corrected chi connectivity index (χ1v) is 13.6. The van der Waals surface area contributed by atoms with Crippen molar-refractivity contribution >= 4 is 0 Å². The van der Waals surface area contributed by atoms with E-state index >= 15 is 0 Å². The molecule has 174 valence electrons. The summed E-state index contributed by atoms with van der Waals surface area (Å²) in [5.41, 5.74) is 1.06. The summed E-state index contributed by atoms with van der Waals surface area (Å²) in [5.74, 6) is 5.55. The lowest BCUT2D eigenvalue weighted by Crippen LogP contribution is -2.54. The summed E-state index contributed by atoms with van der Waals surface area (Å²) in [5, 5.41) is 20.7. The second-order valence-corrected chi connectivity index (χ2v) is 12.8. The molecule has 4 fully saturated rings. The molecule has 2 heteroatoms. The zero-order valence-electron chi connectivity index (χ0n) is 20.6. The van der Waals surface area contributed by atoms with E-state index in [-0.39, 0.29) is 12.2 Å². The van der Waals surface area contributed by atoms with Crippen LogP contribution in [-0.2, 0) is 0 Å². The summed E-state index contributed by atoms with van der Waals surface area (Å²) in [7, 11) is 0. The summed E-state index contributed by atoms with van der Waals surface area (Å²) in [6.45, 7) is 11.9. The largest absolute Gasteiger partial charge is 0.393 e. The van der Waals surface area contributed by atoms with Gasteiger partial charge in [0, 0.05) is 0 Å². The fourth-order valence-corrected chi connectivity index (χ4v) is 9.61. The van der Waals surface area contributed by atoms with Crippen LogP contribution in [0.5, 0.6) is 0 Å². The molecule has 2 nitrogen and oxygen atoms in total. The second-order valence-electron chi connectivity index (χ2n) is 12.8. The van der Waals surface area contributed by atoms with Crippen LogP contribution in [0.1, 0.15) is 112 Å². The Bertz CT molecular complexity index is 587. The molecule has 0 heterocycles. The Morgan fingerprint density at radius 1 is 0.900 bits per heavy atom.